The van der Waals surface area contributed by atoms with Gasteiger partial charge in [0.05, 0.1) is 10.2 Å². The second-order valence-corrected chi connectivity index (χ2v) is 11.1. The molecule has 7 heteroatoms. The predicted molar refractivity (Wildman–Crippen MR) is 107 cm³/mol. The third kappa shape index (κ3) is 3.40. The first-order valence-corrected chi connectivity index (χ1v) is 11.5. The minimum atomic E-state index is -4.01. The summed E-state index contributed by atoms with van der Waals surface area (Å²) < 4.78 is 41.9. The number of rotatable bonds is 3. The number of fused-ring (bicyclic) bond motifs is 1. The molecule has 27 heavy (non-hydrogen) atoms. The van der Waals surface area contributed by atoms with Gasteiger partial charge in [0.25, 0.3) is 0 Å². The summed E-state index contributed by atoms with van der Waals surface area (Å²) in [6.07, 6.45) is 4.15. The monoisotopic (exact) mass is 411 g/mol. The molecule has 0 radical (unpaired) electrons. The van der Waals surface area contributed by atoms with Crippen LogP contribution in [0.5, 0.6) is 0 Å². The Labute approximate surface area is 167 Å². The van der Waals surface area contributed by atoms with Gasteiger partial charge in [-0.3, -0.25) is 0 Å². The van der Waals surface area contributed by atoms with Crippen molar-refractivity contribution in [3.8, 4) is 0 Å². The van der Waals surface area contributed by atoms with Gasteiger partial charge < -0.3 is 9.32 Å². The number of hydrogen-bond donors (Lipinski definition) is 0. The lowest BCUT2D eigenvalue weighted by atomic mass is 9.90. The van der Waals surface area contributed by atoms with E-state index in [1.807, 2.05) is 20.8 Å². The molecule has 5 nitrogen and oxygen atoms in total. The van der Waals surface area contributed by atoms with E-state index in [-0.39, 0.29) is 33.8 Å². The topological polar surface area (TPSA) is 63.4 Å². The standard InChI is InChI=1S/C20H27ClN2O3S/c1-20(2,3)19-22-16-8-7-15(21)18(17(16)26-19)27(24,25)14-9-11-23(12-10-14)13-5-4-6-13/h7-8,13-14H,4-6,9-12H2,1-3H3/i14D. The SMILES string of the molecule is [2H]C1(S(=O)(=O)c2c(Cl)ccc3nc(C(C)(C)C)oc23)CCN(C2CCC2)CC1. The highest BCUT2D eigenvalue weighted by Gasteiger charge is 2.38. The molecule has 148 valence electrons. The Hall–Kier alpha value is -1.11. The lowest BCUT2D eigenvalue weighted by molar-refractivity contribution is 0.106. The molecule has 0 bridgehead atoms. The molecule has 0 amide bonds. The van der Waals surface area contributed by atoms with Crippen molar-refractivity contribution in [2.75, 3.05) is 13.1 Å². The van der Waals surface area contributed by atoms with Crippen LogP contribution in [0.15, 0.2) is 21.4 Å². The molecule has 0 N–H and O–H groups in total. The zero-order valence-electron chi connectivity index (χ0n) is 17.1. The molecule has 0 spiro atoms. The maximum absolute atomic E-state index is 13.6. The van der Waals surface area contributed by atoms with E-state index < -0.39 is 15.1 Å². The molecular formula is C20H27ClN2O3S. The Kier molecular flexibility index (Phi) is 4.49. The van der Waals surface area contributed by atoms with Gasteiger partial charge in [-0.1, -0.05) is 38.8 Å². The van der Waals surface area contributed by atoms with Gasteiger partial charge in [-0.05, 0) is 50.9 Å². The Balaban J connectivity index is 1.73. The van der Waals surface area contributed by atoms with Gasteiger partial charge in [0, 0.05) is 12.8 Å². The third-order valence-electron chi connectivity index (χ3n) is 5.70. The Morgan fingerprint density at radius 1 is 1.22 bits per heavy atom. The third-order valence-corrected chi connectivity index (χ3v) is 8.24. The number of aromatic nitrogens is 1. The van der Waals surface area contributed by atoms with E-state index >= 15 is 0 Å². The minimum Gasteiger partial charge on any atom is -0.439 e. The fraction of sp³-hybridized carbons (Fsp3) is 0.650. The maximum atomic E-state index is 13.6. The molecule has 2 fully saturated rings. The van der Waals surface area contributed by atoms with Crippen molar-refractivity contribution < 1.29 is 14.2 Å². The van der Waals surface area contributed by atoms with Crippen LogP contribution in [-0.2, 0) is 15.3 Å². The number of nitrogens with zero attached hydrogens (tertiary/aromatic N) is 2. The molecule has 2 aromatic rings. The van der Waals surface area contributed by atoms with Crippen LogP contribution in [0, 0.1) is 0 Å². The van der Waals surface area contributed by atoms with Crippen LogP contribution in [0.3, 0.4) is 0 Å². The molecule has 1 saturated carbocycles. The summed E-state index contributed by atoms with van der Waals surface area (Å²) in [5, 5.41) is -1.50. The fourth-order valence-electron chi connectivity index (χ4n) is 3.82. The number of hydrogen-bond acceptors (Lipinski definition) is 5. The van der Waals surface area contributed by atoms with Gasteiger partial charge in [-0.2, -0.15) is 0 Å². The first-order chi connectivity index (χ1) is 13.0. The number of oxazole rings is 1. The van der Waals surface area contributed by atoms with Crippen molar-refractivity contribution in [1.29, 1.82) is 0 Å². The number of halogens is 1. The van der Waals surface area contributed by atoms with Crippen LogP contribution in [-0.4, -0.2) is 42.7 Å². The lowest BCUT2D eigenvalue weighted by Gasteiger charge is -2.41. The van der Waals surface area contributed by atoms with Crippen LogP contribution in [0.25, 0.3) is 11.1 Å². The average molecular weight is 412 g/mol. The average Bonchev–Trinajstić information content (AvgIpc) is 2.99. The smallest absolute Gasteiger partial charge is 0.200 e. The molecular weight excluding hydrogens is 384 g/mol. The second-order valence-electron chi connectivity index (χ2n) is 8.66. The summed E-state index contributed by atoms with van der Waals surface area (Å²) >= 11 is 6.34. The molecule has 1 saturated heterocycles. The Morgan fingerprint density at radius 2 is 1.89 bits per heavy atom. The largest absolute Gasteiger partial charge is 0.439 e. The van der Waals surface area contributed by atoms with Crippen molar-refractivity contribution >= 4 is 32.5 Å². The summed E-state index contributed by atoms with van der Waals surface area (Å²) in [6.45, 7) is 7.12. The first kappa shape index (κ1) is 18.0. The van der Waals surface area contributed by atoms with E-state index in [1.165, 1.54) is 19.3 Å². The molecule has 2 heterocycles. The lowest BCUT2D eigenvalue weighted by Crippen LogP contribution is -2.47. The molecule has 0 unspecified atom stereocenters. The van der Waals surface area contributed by atoms with E-state index in [4.69, 9.17) is 17.4 Å². The first-order valence-electron chi connectivity index (χ1n) is 10.1. The van der Waals surface area contributed by atoms with Crippen molar-refractivity contribution in [2.45, 2.75) is 74.5 Å². The zero-order chi connectivity index (χ0) is 20.3. The number of sulfone groups is 1. The predicted octanol–water partition coefficient (Wildman–Crippen LogP) is 4.57. The highest BCUT2D eigenvalue weighted by Crippen LogP contribution is 2.38. The van der Waals surface area contributed by atoms with Crippen LogP contribution in [0.2, 0.25) is 5.02 Å². The van der Waals surface area contributed by atoms with Gasteiger partial charge >= 0.3 is 0 Å². The van der Waals surface area contributed by atoms with Crippen LogP contribution in [0.4, 0.5) is 0 Å². The minimum absolute atomic E-state index is 0.0817. The Morgan fingerprint density at radius 3 is 2.44 bits per heavy atom. The van der Waals surface area contributed by atoms with Gasteiger partial charge in [-0.15, -0.1) is 0 Å². The maximum Gasteiger partial charge on any atom is 0.200 e. The number of piperidine rings is 1. The van der Waals surface area contributed by atoms with Crippen molar-refractivity contribution in [3.05, 3.63) is 23.0 Å². The number of benzene rings is 1. The van der Waals surface area contributed by atoms with Gasteiger partial charge in [-0.25, -0.2) is 13.4 Å². The summed E-state index contributed by atoms with van der Waals surface area (Å²) in [5.74, 6) is 0.458. The van der Waals surface area contributed by atoms with Crippen molar-refractivity contribution in [1.82, 2.24) is 9.88 Å². The van der Waals surface area contributed by atoms with Crippen molar-refractivity contribution in [2.24, 2.45) is 0 Å². The molecule has 2 aliphatic rings. The summed E-state index contributed by atoms with van der Waals surface area (Å²) in [6, 6.07) is 3.77. The molecule has 0 atom stereocenters. The highest BCUT2D eigenvalue weighted by atomic mass is 35.5. The number of likely N-dealkylation sites (tertiary alicyclic amines) is 1. The summed E-state index contributed by atoms with van der Waals surface area (Å²) in [5.41, 5.74) is 0.271. The van der Waals surface area contributed by atoms with Gasteiger partial charge in [0.2, 0.25) is 5.89 Å². The summed E-state index contributed by atoms with van der Waals surface area (Å²) in [7, 11) is -4.01. The molecule has 4 rings (SSSR count). The van der Waals surface area contributed by atoms with E-state index in [2.05, 4.69) is 9.88 Å². The normalized spacial score (nSPS) is 22.6. The fourth-order valence-corrected chi connectivity index (χ4v) is 6.00. The summed E-state index contributed by atoms with van der Waals surface area (Å²) in [4.78, 5) is 6.71. The van der Waals surface area contributed by atoms with Crippen LogP contribution >= 0.6 is 11.6 Å². The Bertz CT molecular complexity index is 1000. The quantitative estimate of drug-likeness (QED) is 0.740. The molecule has 1 aliphatic carbocycles. The van der Waals surface area contributed by atoms with Crippen LogP contribution in [0.1, 0.15) is 60.1 Å². The molecule has 1 aromatic heterocycles. The van der Waals surface area contributed by atoms with E-state index in [0.29, 0.717) is 30.5 Å². The van der Waals surface area contributed by atoms with Gasteiger partial charge in [0.1, 0.15) is 10.4 Å². The zero-order valence-corrected chi connectivity index (χ0v) is 17.7. The highest BCUT2D eigenvalue weighted by molar-refractivity contribution is 7.92. The molecule has 1 aromatic carbocycles. The second kappa shape index (κ2) is 6.75. The van der Waals surface area contributed by atoms with E-state index in [9.17, 15) is 8.42 Å². The van der Waals surface area contributed by atoms with Crippen molar-refractivity contribution in [3.63, 3.8) is 0 Å². The van der Waals surface area contributed by atoms with Gasteiger partial charge in [0.15, 0.2) is 15.4 Å². The van der Waals surface area contributed by atoms with Crippen LogP contribution < -0.4 is 0 Å². The van der Waals surface area contributed by atoms with E-state index in [1.54, 1.807) is 12.1 Å². The van der Waals surface area contributed by atoms with E-state index in [0.717, 1.165) is 0 Å². The molecule has 1 aliphatic heterocycles.